The first kappa shape index (κ1) is 16.0. The summed E-state index contributed by atoms with van der Waals surface area (Å²) in [6.07, 6.45) is 6.74. The van der Waals surface area contributed by atoms with Crippen LogP contribution in [-0.4, -0.2) is 36.0 Å². The Bertz CT molecular complexity index is 770. The van der Waals surface area contributed by atoms with Crippen LogP contribution >= 0.6 is 11.6 Å². The molecule has 1 N–H and O–H groups in total. The number of hydrogen-bond acceptors (Lipinski definition) is 3. The van der Waals surface area contributed by atoms with Gasteiger partial charge >= 0.3 is 0 Å². The Morgan fingerprint density at radius 3 is 2.96 bits per heavy atom. The first-order valence-electron chi connectivity index (χ1n) is 8.81. The van der Waals surface area contributed by atoms with Crippen molar-refractivity contribution in [2.45, 2.75) is 51.1 Å². The van der Waals surface area contributed by atoms with Gasteiger partial charge in [0.05, 0.1) is 12.7 Å². The number of amides is 1. The van der Waals surface area contributed by atoms with Gasteiger partial charge in [-0.1, -0.05) is 11.6 Å². The third-order valence-electron chi connectivity index (χ3n) is 5.47. The van der Waals surface area contributed by atoms with Crippen LogP contribution < -0.4 is 5.32 Å². The second-order valence-corrected chi connectivity index (χ2v) is 7.50. The van der Waals surface area contributed by atoms with Crippen LogP contribution in [0.4, 0.5) is 0 Å². The fraction of sp³-hybridized carbons (Fsp3) is 0.526. The van der Waals surface area contributed by atoms with E-state index in [9.17, 15) is 4.79 Å². The van der Waals surface area contributed by atoms with Crippen LogP contribution in [0.2, 0.25) is 5.02 Å². The van der Waals surface area contributed by atoms with Gasteiger partial charge in [-0.15, -0.1) is 0 Å². The fourth-order valence-corrected chi connectivity index (χ4v) is 4.39. The summed E-state index contributed by atoms with van der Waals surface area (Å²) < 4.78 is 5.60. The van der Waals surface area contributed by atoms with Gasteiger partial charge < -0.3 is 9.73 Å². The average Bonchev–Trinajstić information content (AvgIpc) is 3.16. The number of nitrogens with one attached hydrogen (secondary N) is 1. The minimum Gasteiger partial charge on any atom is -0.464 e. The van der Waals surface area contributed by atoms with E-state index in [0.717, 1.165) is 28.5 Å². The molecule has 0 unspecified atom stereocenters. The molecule has 1 amide bonds. The second-order valence-electron chi connectivity index (χ2n) is 7.10. The summed E-state index contributed by atoms with van der Waals surface area (Å²) in [7, 11) is 0. The molecule has 0 saturated carbocycles. The predicted octanol–water partition coefficient (Wildman–Crippen LogP) is 3.68. The monoisotopic (exact) mass is 346 g/mol. The number of carbonyl (C=O) groups excluding carboxylic acids is 1. The largest absolute Gasteiger partial charge is 0.464 e. The van der Waals surface area contributed by atoms with Crippen LogP contribution in [0.25, 0.3) is 11.0 Å². The molecule has 4 nitrogen and oxygen atoms in total. The van der Waals surface area contributed by atoms with Crippen LogP contribution in [-0.2, 0) is 11.2 Å². The van der Waals surface area contributed by atoms with E-state index < -0.39 is 0 Å². The van der Waals surface area contributed by atoms with Gasteiger partial charge in [0.1, 0.15) is 5.58 Å². The van der Waals surface area contributed by atoms with Gasteiger partial charge in [0, 0.05) is 28.1 Å². The van der Waals surface area contributed by atoms with E-state index in [-0.39, 0.29) is 11.9 Å². The van der Waals surface area contributed by atoms with Crippen LogP contribution in [0, 0.1) is 6.92 Å². The van der Waals surface area contributed by atoms with Crippen LogP contribution in [0.3, 0.4) is 0 Å². The lowest BCUT2D eigenvalue weighted by Crippen LogP contribution is -2.52. The van der Waals surface area contributed by atoms with Gasteiger partial charge in [-0.2, -0.15) is 0 Å². The maximum absolute atomic E-state index is 12.6. The number of fused-ring (bicyclic) bond motifs is 2. The Kier molecular flexibility index (Phi) is 4.27. The van der Waals surface area contributed by atoms with Crippen molar-refractivity contribution in [3.8, 4) is 0 Å². The van der Waals surface area contributed by atoms with Gasteiger partial charge in [0.15, 0.2) is 0 Å². The highest BCUT2D eigenvalue weighted by Crippen LogP contribution is 2.29. The maximum atomic E-state index is 12.6. The number of hydrogen-bond donors (Lipinski definition) is 1. The summed E-state index contributed by atoms with van der Waals surface area (Å²) in [6, 6.07) is 4.65. The summed E-state index contributed by atoms with van der Waals surface area (Å²) in [5.41, 5.74) is 2.68. The molecule has 2 aromatic rings. The van der Waals surface area contributed by atoms with Crippen molar-refractivity contribution in [2.24, 2.45) is 0 Å². The molecule has 0 aliphatic carbocycles. The maximum Gasteiger partial charge on any atom is 0.224 e. The number of halogens is 1. The van der Waals surface area contributed by atoms with E-state index in [4.69, 9.17) is 16.0 Å². The molecule has 5 heteroatoms. The van der Waals surface area contributed by atoms with Gasteiger partial charge in [-0.3, -0.25) is 9.69 Å². The lowest BCUT2D eigenvalue weighted by Gasteiger charge is -2.37. The number of piperidine rings is 1. The number of furan rings is 1. The van der Waals surface area contributed by atoms with Crippen molar-refractivity contribution in [3.05, 3.63) is 34.5 Å². The minimum absolute atomic E-state index is 0.0770. The summed E-state index contributed by atoms with van der Waals surface area (Å²) in [6.45, 7) is 4.32. The number of carbonyl (C=O) groups is 1. The van der Waals surface area contributed by atoms with Crippen molar-refractivity contribution in [1.29, 1.82) is 0 Å². The number of aryl methyl sites for hydroxylation is 1. The first-order valence-corrected chi connectivity index (χ1v) is 9.19. The number of benzene rings is 1. The molecule has 0 radical (unpaired) electrons. The van der Waals surface area contributed by atoms with Gasteiger partial charge in [-0.25, -0.2) is 0 Å². The summed E-state index contributed by atoms with van der Waals surface area (Å²) in [5.74, 6) is 0.0770. The molecule has 2 saturated heterocycles. The zero-order valence-electron chi connectivity index (χ0n) is 14.0. The summed E-state index contributed by atoms with van der Waals surface area (Å²) in [5, 5.41) is 4.91. The summed E-state index contributed by atoms with van der Waals surface area (Å²) in [4.78, 5) is 15.1. The quantitative estimate of drug-likeness (QED) is 0.922. The standard InChI is InChI=1S/C19H23ClN2O2/c1-12-8-18-14(10-15(12)20)13(11-24-18)9-19(23)21-16-4-2-6-22-7-3-5-17(16)22/h8,10-11,16-17H,2-7,9H2,1H3,(H,21,23)/t16-,17-/m0/s1. The molecule has 2 fully saturated rings. The van der Waals surface area contributed by atoms with Crippen LogP contribution in [0.15, 0.2) is 22.8 Å². The van der Waals surface area contributed by atoms with Crippen LogP contribution in [0.5, 0.6) is 0 Å². The normalized spacial score (nSPS) is 24.2. The average molecular weight is 347 g/mol. The molecule has 0 bridgehead atoms. The molecule has 2 aliphatic rings. The van der Waals surface area contributed by atoms with Crippen molar-refractivity contribution in [3.63, 3.8) is 0 Å². The van der Waals surface area contributed by atoms with E-state index in [0.29, 0.717) is 17.5 Å². The SMILES string of the molecule is Cc1cc2occ(CC(=O)N[C@H]3CCCN4CCC[C@@H]34)c2cc1Cl. The van der Waals surface area contributed by atoms with Crippen molar-refractivity contribution in [1.82, 2.24) is 10.2 Å². The lowest BCUT2D eigenvalue weighted by molar-refractivity contribution is -0.121. The molecule has 1 aromatic carbocycles. The molecule has 0 spiro atoms. The second kappa shape index (κ2) is 6.41. The smallest absolute Gasteiger partial charge is 0.224 e. The van der Waals surface area contributed by atoms with Gasteiger partial charge in [0.25, 0.3) is 0 Å². The number of rotatable bonds is 3. The van der Waals surface area contributed by atoms with E-state index in [1.54, 1.807) is 6.26 Å². The predicted molar refractivity (Wildman–Crippen MR) is 95.4 cm³/mol. The summed E-state index contributed by atoms with van der Waals surface area (Å²) >= 11 is 6.22. The third-order valence-corrected chi connectivity index (χ3v) is 5.88. The van der Waals surface area contributed by atoms with Gasteiger partial charge in [0.2, 0.25) is 5.91 Å². The fourth-order valence-electron chi connectivity index (χ4n) is 4.23. The van der Waals surface area contributed by atoms with Crippen molar-refractivity contribution < 1.29 is 9.21 Å². The third kappa shape index (κ3) is 2.93. The molecule has 2 atom stereocenters. The Morgan fingerprint density at radius 2 is 2.12 bits per heavy atom. The van der Waals surface area contributed by atoms with Gasteiger partial charge in [-0.05, 0) is 63.4 Å². The Labute approximate surface area is 147 Å². The van der Waals surface area contributed by atoms with Crippen LogP contribution in [0.1, 0.15) is 36.8 Å². The molecular weight excluding hydrogens is 324 g/mol. The molecule has 24 heavy (non-hydrogen) atoms. The van der Waals surface area contributed by atoms with Crippen molar-refractivity contribution >= 4 is 28.5 Å². The highest BCUT2D eigenvalue weighted by Gasteiger charge is 2.35. The Hall–Kier alpha value is -1.52. The number of nitrogens with zero attached hydrogens (tertiary/aromatic N) is 1. The zero-order valence-corrected chi connectivity index (χ0v) is 14.7. The first-order chi connectivity index (χ1) is 11.6. The molecule has 1 aromatic heterocycles. The lowest BCUT2D eigenvalue weighted by atomic mass is 9.96. The van der Waals surface area contributed by atoms with E-state index in [2.05, 4.69) is 10.2 Å². The van der Waals surface area contributed by atoms with E-state index >= 15 is 0 Å². The van der Waals surface area contributed by atoms with Crippen molar-refractivity contribution in [2.75, 3.05) is 13.1 Å². The Morgan fingerprint density at radius 1 is 1.33 bits per heavy atom. The van der Waals surface area contributed by atoms with E-state index in [1.165, 1.54) is 32.4 Å². The topological polar surface area (TPSA) is 45.5 Å². The van der Waals surface area contributed by atoms with E-state index in [1.807, 2.05) is 19.1 Å². The molecule has 128 valence electrons. The molecule has 2 aliphatic heterocycles. The highest BCUT2D eigenvalue weighted by atomic mass is 35.5. The Balaban J connectivity index is 1.47. The molecular formula is C19H23ClN2O2. The highest BCUT2D eigenvalue weighted by molar-refractivity contribution is 6.32. The minimum atomic E-state index is 0.0770. The zero-order chi connectivity index (χ0) is 16.7. The molecule has 3 heterocycles. The molecule has 4 rings (SSSR count).